The molecule has 0 rings (SSSR count). The maximum absolute atomic E-state index is 13.1. The monoisotopic (exact) mass is 1420 g/mol. The summed E-state index contributed by atoms with van der Waals surface area (Å²) in [5.41, 5.74) is 0. The smallest absolute Gasteiger partial charge is 0.462 e. The molecule has 0 aliphatic carbocycles. The van der Waals surface area contributed by atoms with Crippen LogP contribution in [0.15, 0.2) is 0 Å². The van der Waals surface area contributed by atoms with Gasteiger partial charge in [0.1, 0.15) is 19.3 Å². The molecule has 0 heterocycles. The van der Waals surface area contributed by atoms with Crippen LogP contribution in [0.4, 0.5) is 0 Å². The zero-order chi connectivity index (χ0) is 71.7. The van der Waals surface area contributed by atoms with E-state index in [1.54, 1.807) is 0 Å². The first kappa shape index (κ1) is 95.1. The van der Waals surface area contributed by atoms with E-state index in [0.29, 0.717) is 25.7 Å². The molecule has 97 heavy (non-hydrogen) atoms. The summed E-state index contributed by atoms with van der Waals surface area (Å²) in [6, 6.07) is 0. The van der Waals surface area contributed by atoms with Gasteiger partial charge in [0, 0.05) is 25.7 Å². The average Bonchev–Trinajstić information content (AvgIpc) is 1.60. The molecule has 0 saturated carbocycles. The van der Waals surface area contributed by atoms with E-state index in [2.05, 4.69) is 55.4 Å². The summed E-state index contributed by atoms with van der Waals surface area (Å²) in [6.07, 6.45) is 52.7. The van der Waals surface area contributed by atoms with Gasteiger partial charge >= 0.3 is 39.5 Å². The Balaban J connectivity index is 5.26. The van der Waals surface area contributed by atoms with E-state index < -0.39 is 97.5 Å². The predicted molar refractivity (Wildman–Crippen MR) is 395 cm³/mol. The molecule has 0 bridgehead atoms. The highest BCUT2D eigenvalue weighted by atomic mass is 31.2. The first-order valence-corrected chi connectivity index (χ1v) is 43.2. The van der Waals surface area contributed by atoms with Crippen molar-refractivity contribution in [2.24, 2.45) is 23.7 Å². The fourth-order valence-corrected chi connectivity index (χ4v) is 13.5. The van der Waals surface area contributed by atoms with E-state index in [9.17, 15) is 43.2 Å². The first-order chi connectivity index (χ1) is 46.6. The SMILES string of the molecule is CCC(C)CCCCCCCCC(=O)OC[C@H](COP(=O)(O)OC[C@H](O)COP(=O)(O)OC[C@@H](COC(=O)CCCCCCCCCCCCCCCC(C)C)OC(=O)CCCCCCCCCCCCCCC(C)C)OC(=O)CCCCCCCCCCCCCCCC(C)C. The second-order valence-corrected chi connectivity index (χ2v) is 32.7. The van der Waals surface area contributed by atoms with Gasteiger partial charge in [-0.3, -0.25) is 37.3 Å². The Morgan fingerprint density at radius 1 is 0.289 bits per heavy atom. The molecule has 0 aromatic carbocycles. The van der Waals surface area contributed by atoms with Crippen molar-refractivity contribution in [3.05, 3.63) is 0 Å². The van der Waals surface area contributed by atoms with Crippen molar-refractivity contribution in [3.63, 3.8) is 0 Å². The highest BCUT2D eigenvalue weighted by Gasteiger charge is 2.30. The Morgan fingerprint density at radius 2 is 0.495 bits per heavy atom. The number of ether oxygens (including phenoxy) is 4. The summed E-state index contributed by atoms with van der Waals surface area (Å²) in [5.74, 6) is 0.967. The van der Waals surface area contributed by atoms with Gasteiger partial charge < -0.3 is 33.8 Å². The second kappa shape index (κ2) is 67.2. The lowest BCUT2D eigenvalue weighted by molar-refractivity contribution is -0.161. The summed E-state index contributed by atoms with van der Waals surface area (Å²) < 4.78 is 68.6. The van der Waals surface area contributed by atoms with Gasteiger partial charge in [-0.2, -0.15) is 0 Å². The molecule has 3 N–H and O–H groups in total. The fraction of sp³-hybridized carbons (Fsp3) is 0.949. The molecule has 576 valence electrons. The lowest BCUT2D eigenvalue weighted by atomic mass is 10.00. The van der Waals surface area contributed by atoms with Crippen LogP contribution < -0.4 is 0 Å². The molecule has 3 unspecified atom stereocenters. The quantitative estimate of drug-likeness (QED) is 0.0222. The van der Waals surface area contributed by atoms with E-state index in [1.807, 2.05) is 0 Å². The van der Waals surface area contributed by atoms with Gasteiger partial charge in [-0.05, 0) is 49.4 Å². The Bertz CT molecular complexity index is 1900. The van der Waals surface area contributed by atoms with Crippen molar-refractivity contribution in [2.45, 2.75) is 414 Å². The van der Waals surface area contributed by atoms with Crippen LogP contribution >= 0.6 is 15.6 Å². The normalized spacial score (nSPS) is 14.4. The number of phosphoric ester groups is 2. The molecular formula is C78H152O17P2. The van der Waals surface area contributed by atoms with Crippen LogP contribution in [-0.4, -0.2) is 96.7 Å². The fourth-order valence-electron chi connectivity index (χ4n) is 11.9. The average molecular weight is 1420 g/mol. The van der Waals surface area contributed by atoms with Crippen molar-refractivity contribution in [1.82, 2.24) is 0 Å². The lowest BCUT2D eigenvalue weighted by Gasteiger charge is -2.21. The Kier molecular flexibility index (Phi) is 65.9. The third-order valence-electron chi connectivity index (χ3n) is 18.4. The number of hydrogen-bond donors (Lipinski definition) is 3. The van der Waals surface area contributed by atoms with Gasteiger partial charge in [-0.15, -0.1) is 0 Å². The molecule has 0 aromatic rings. The van der Waals surface area contributed by atoms with Crippen molar-refractivity contribution < 1.29 is 80.2 Å². The van der Waals surface area contributed by atoms with E-state index in [0.717, 1.165) is 120 Å². The number of phosphoric acid groups is 2. The van der Waals surface area contributed by atoms with Crippen molar-refractivity contribution in [3.8, 4) is 0 Å². The van der Waals surface area contributed by atoms with Crippen LogP contribution in [0.2, 0.25) is 0 Å². The molecule has 0 fully saturated rings. The number of aliphatic hydroxyl groups is 1. The van der Waals surface area contributed by atoms with Crippen LogP contribution in [0.5, 0.6) is 0 Å². The second-order valence-electron chi connectivity index (χ2n) is 29.8. The maximum atomic E-state index is 13.1. The summed E-state index contributed by atoms with van der Waals surface area (Å²) in [7, 11) is -9.92. The molecular weight excluding hydrogens is 1270 g/mol. The summed E-state index contributed by atoms with van der Waals surface area (Å²) in [5, 5.41) is 10.6. The van der Waals surface area contributed by atoms with Gasteiger partial charge in [0.25, 0.3) is 0 Å². The van der Waals surface area contributed by atoms with Gasteiger partial charge in [0.2, 0.25) is 0 Å². The molecule has 6 atom stereocenters. The van der Waals surface area contributed by atoms with Crippen LogP contribution in [-0.2, 0) is 65.4 Å². The molecule has 0 radical (unpaired) electrons. The number of carbonyl (C=O) groups is 4. The number of hydrogen-bond acceptors (Lipinski definition) is 15. The zero-order valence-corrected chi connectivity index (χ0v) is 65.5. The molecule has 0 aromatic heterocycles. The molecule has 19 heteroatoms. The van der Waals surface area contributed by atoms with E-state index in [-0.39, 0.29) is 25.7 Å². The summed E-state index contributed by atoms with van der Waals surface area (Å²) >= 11 is 0. The number of aliphatic hydroxyl groups excluding tert-OH is 1. The number of esters is 4. The summed E-state index contributed by atoms with van der Waals surface area (Å²) in [6.45, 7) is 14.2. The van der Waals surface area contributed by atoms with Crippen LogP contribution in [0.1, 0.15) is 396 Å². The molecule has 0 aliphatic heterocycles. The number of rotatable bonds is 75. The highest BCUT2D eigenvalue weighted by Crippen LogP contribution is 2.45. The van der Waals surface area contributed by atoms with Crippen LogP contribution in [0, 0.1) is 23.7 Å². The molecule has 0 spiro atoms. The van der Waals surface area contributed by atoms with Crippen molar-refractivity contribution in [1.29, 1.82) is 0 Å². The van der Waals surface area contributed by atoms with E-state index in [1.165, 1.54) is 193 Å². The van der Waals surface area contributed by atoms with Gasteiger partial charge in [-0.25, -0.2) is 9.13 Å². The largest absolute Gasteiger partial charge is 0.472 e. The summed E-state index contributed by atoms with van der Waals surface area (Å²) in [4.78, 5) is 72.9. The number of unbranched alkanes of at least 4 members (excludes halogenated alkanes) is 40. The minimum absolute atomic E-state index is 0.106. The predicted octanol–water partition coefficient (Wildman–Crippen LogP) is 22.8. The Morgan fingerprint density at radius 3 is 0.732 bits per heavy atom. The standard InChI is InChI=1S/C78H152O17P2/c1-9-71(8)57-49-41-36-37-43-51-59-76(81)89-65-74(95-78(83)60-52-44-34-28-22-15-11-13-19-25-31-39-47-55-69(4)5)67-93-97(86,87)91-63-72(79)62-90-96(84,85)92-66-73(94-77(82)61-53-45-35-29-23-17-16-20-26-32-40-48-56-70(6)7)64-88-75(80)58-50-42-33-27-21-14-10-12-18-24-30-38-46-54-68(2)3/h68-74,79H,9-67H2,1-8H3,(H,84,85)(H,86,87)/t71?,72-,73-,74-/m1/s1. The molecule has 0 saturated heterocycles. The minimum Gasteiger partial charge on any atom is -0.462 e. The third kappa shape index (κ3) is 70.9. The number of carbonyl (C=O) groups excluding carboxylic acids is 4. The Hall–Kier alpha value is -1.94. The van der Waals surface area contributed by atoms with Gasteiger partial charge in [0.15, 0.2) is 12.2 Å². The molecule has 0 aliphatic rings. The topological polar surface area (TPSA) is 237 Å². The van der Waals surface area contributed by atoms with Gasteiger partial charge in [-0.1, -0.05) is 344 Å². The molecule has 17 nitrogen and oxygen atoms in total. The minimum atomic E-state index is -4.96. The first-order valence-electron chi connectivity index (χ1n) is 40.2. The lowest BCUT2D eigenvalue weighted by Crippen LogP contribution is -2.30. The van der Waals surface area contributed by atoms with E-state index >= 15 is 0 Å². The Labute approximate surface area is 594 Å². The molecule has 0 amide bonds. The van der Waals surface area contributed by atoms with Crippen molar-refractivity contribution in [2.75, 3.05) is 39.6 Å². The zero-order valence-electron chi connectivity index (χ0n) is 63.7. The maximum Gasteiger partial charge on any atom is 0.472 e. The van der Waals surface area contributed by atoms with Crippen LogP contribution in [0.25, 0.3) is 0 Å². The van der Waals surface area contributed by atoms with Gasteiger partial charge in [0.05, 0.1) is 26.4 Å². The highest BCUT2D eigenvalue weighted by molar-refractivity contribution is 7.47. The van der Waals surface area contributed by atoms with Crippen molar-refractivity contribution >= 4 is 39.5 Å². The van der Waals surface area contributed by atoms with E-state index in [4.69, 9.17) is 37.0 Å². The third-order valence-corrected chi connectivity index (χ3v) is 20.3. The van der Waals surface area contributed by atoms with Crippen LogP contribution in [0.3, 0.4) is 0 Å².